The minimum Gasteiger partial charge on any atom is -0.445 e. The van der Waals surface area contributed by atoms with Gasteiger partial charge in [-0.25, -0.2) is 4.79 Å². The first kappa shape index (κ1) is 17.6. The number of alkyl carbamates (subject to hydrolysis) is 1. The van der Waals surface area contributed by atoms with Gasteiger partial charge in [0.05, 0.1) is 6.61 Å². The summed E-state index contributed by atoms with van der Waals surface area (Å²) in [5, 5.41) is 11.9. The van der Waals surface area contributed by atoms with Crippen LogP contribution in [0.4, 0.5) is 4.79 Å². The molecule has 1 unspecified atom stereocenters. The first-order valence-electron chi connectivity index (χ1n) is 7.65. The van der Waals surface area contributed by atoms with E-state index < -0.39 is 18.7 Å². The average Bonchev–Trinajstić information content (AvgIpc) is 2.87. The molecule has 2 rings (SSSR count). The van der Waals surface area contributed by atoms with Crippen molar-refractivity contribution in [1.29, 1.82) is 0 Å². The Morgan fingerprint density at radius 1 is 1.26 bits per heavy atom. The number of thioether (sulfide) groups is 1. The molecule has 23 heavy (non-hydrogen) atoms. The van der Waals surface area contributed by atoms with Crippen LogP contribution in [0.1, 0.15) is 12.0 Å². The Balaban J connectivity index is 1.82. The third-order valence-electron chi connectivity index (χ3n) is 3.52. The van der Waals surface area contributed by atoms with Crippen molar-refractivity contribution in [2.45, 2.75) is 19.1 Å². The number of aliphatic hydroxyl groups excluding tert-OH is 1. The lowest BCUT2D eigenvalue weighted by atomic mass is 10.2. The smallest absolute Gasteiger partial charge is 0.408 e. The highest BCUT2D eigenvalue weighted by molar-refractivity contribution is 7.99. The SMILES string of the molecule is O=C(NC(CO)C(=O)N1CCCSCC1)OCc1ccccc1. The van der Waals surface area contributed by atoms with Crippen molar-refractivity contribution in [3.05, 3.63) is 35.9 Å². The van der Waals surface area contributed by atoms with Crippen molar-refractivity contribution in [2.75, 3.05) is 31.2 Å². The predicted molar refractivity (Wildman–Crippen MR) is 89.2 cm³/mol. The van der Waals surface area contributed by atoms with Gasteiger partial charge in [-0.05, 0) is 17.7 Å². The lowest BCUT2D eigenvalue weighted by Crippen LogP contribution is -2.51. The Hall–Kier alpha value is -1.73. The third kappa shape index (κ3) is 5.76. The van der Waals surface area contributed by atoms with E-state index in [4.69, 9.17) is 4.74 Å². The summed E-state index contributed by atoms with van der Waals surface area (Å²) in [5.41, 5.74) is 0.860. The van der Waals surface area contributed by atoms with E-state index in [2.05, 4.69) is 5.32 Å². The van der Waals surface area contributed by atoms with Crippen LogP contribution >= 0.6 is 11.8 Å². The van der Waals surface area contributed by atoms with Crippen molar-refractivity contribution < 1.29 is 19.4 Å². The molecule has 1 aliphatic rings. The highest BCUT2D eigenvalue weighted by Crippen LogP contribution is 2.11. The molecule has 1 saturated heterocycles. The van der Waals surface area contributed by atoms with Crippen LogP contribution < -0.4 is 5.32 Å². The van der Waals surface area contributed by atoms with Gasteiger partial charge in [-0.3, -0.25) is 4.79 Å². The number of amides is 2. The summed E-state index contributed by atoms with van der Waals surface area (Å²) in [5.74, 6) is 1.65. The molecule has 1 aliphatic heterocycles. The van der Waals surface area contributed by atoms with Crippen molar-refractivity contribution in [2.24, 2.45) is 0 Å². The van der Waals surface area contributed by atoms with E-state index in [9.17, 15) is 14.7 Å². The summed E-state index contributed by atoms with van der Waals surface area (Å²) in [6.45, 7) is 0.978. The maximum atomic E-state index is 12.4. The van der Waals surface area contributed by atoms with E-state index in [1.54, 1.807) is 4.90 Å². The fourth-order valence-electron chi connectivity index (χ4n) is 2.28. The largest absolute Gasteiger partial charge is 0.445 e. The number of benzene rings is 1. The highest BCUT2D eigenvalue weighted by Gasteiger charge is 2.26. The maximum absolute atomic E-state index is 12.4. The van der Waals surface area contributed by atoms with Crippen LogP contribution in [0, 0.1) is 0 Å². The van der Waals surface area contributed by atoms with Gasteiger partial charge in [-0.15, -0.1) is 0 Å². The van der Waals surface area contributed by atoms with Crippen LogP contribution in [0.15, 0.2) is 30.3 Å². The molecule has 0 aliphatic carbocycles. The minimum absolute atomic E-state index is 0.124. The molecule has 0 aromatic heterocycles. The molecule has 6 nitrogen and oxygen atoms in total. The van der Waals surface area contributed by atoms with Crippen molar-refractivity contribution in [3.8, 4) is 0 Å². The maximum Gasteiger partial charge on any atom is 0.408 e. The molecular weight excluding hydrogens is 316 g/mol. The molecule has 1 aromatic carbocycles. The summed E-state index contributed by atoms with van der Waals surface area (Å²) in [4.78, 5) is 25.9. The van der Waals surface area contributed by atoms with Crippen LogP contribution in [-0.4, -0.2) is 59.3 Å². The number of nitrogens with one attached hydrogen (secondary N) is 1. The van der Waals surface area contributed by atoms with Crippen LogP contribution in [0.5, 0.6) is 0 Å². The Labute approximate surface area is 140 Å². The Morgan fingerprint density at radius 3 is 2.78 bits per heavy atom. The highest BCUT2D eigenvalue weighted by atomic mass is 32.2. The van der Waals surface area contributed by atoms with Crippen molar-refractivity contribution in [3.63, 3.8) is 0 Å². The second kappa shape index (κ2) is 9.42. The van der Waals surface area contributed by atoms with E-state index in [0.717, 1.165) is 23.5 Å². The van der Waals surface area contributed by atoms with Gasteiger partial charge >= 0.3 is 6.09 Å². The fourth-order valence-corrected chi connectivity index (χ4v) is 3.17. The molecule has 126 valence electrons. The van der Waals surface area contributed by atoms with Crippen LogP contribution in [0.3, 0.4) is 0 Å². The van der Waals surface area contributed by atoms with Gasteiger partial charge in [0.2, 0.25) is 5.91 Å². The first-order chi connectivity index (χ1) is 11.2. The lowest BCUT2D eigenvalue weighted by molar-refractivity contribution is -0.134. The number of hydrogen-bond acceptors (Lipinski definition) is 5. The van der Waals surface area contributed by atoms with Crippen molar-refractivity contribution in [1.82, 2.24) is 10.2 Å². The third-order valence-corrected chi connectivity index (χ3v) is 4.57. The zero-order valence-electron chi connectivity index (χ0n) is 12.9. The van der Waals surface area contributed by atoms with Crippen LogP contribution in [0.25, 0.3) is 0 Å². The average molecular weight is 338 g/mol. The second-order valence-corrected chi connectivity index (χ2v) is 6.46. The summed E-state index contributed by atoms with van der Waals surface area (Å²) < 4.78 is 5.09. The molecule has 1 fully saturated rings. The monoisotopic (exact) mass is 338 g/mol. The minimum atomic E-state index is -0.957. The van der Waals surface area contributed by atoms with Crippen LogP contribution in [0.2, 0.25) is 0 Å². The van der Waals surface area contributed by atoms with Gasteiger partial charge in [0.25, 0.3) is 0 Å². The summed E-state index contributed by atoms with van der Waals surface area (Å²) in [6, 6.07) is 8.32. The summed E-state index contributed by atoms with van der Waals surface area (Å²) in [6.07, 6.45) is 0.220. The quantitative estimate of drug-likeness (QED) is 0.844. The molecule has 2 N–H and O–H groups in total. The Kier molecular flexibility index (Phi) is 7.22. The Bertz CT molecular complexity index is 504. The molecular formula is C16H22N2O4S. The molecule has 1 aromatic rings. The number of aliphatic hydroxyl groups is 1. The normalized spacial score (nSPS) is 16.3. The molecule has 1 heterocycles. The molecule has 7 heteroatoms. The standard InChI is InChI=1S/C16H22N2O4S/c19-11-14(15(20)18-7-4-9-23-10-8-18)17-16(21)22-12-13-5-2-1-3-6-13/h1-3,5-6,14,19H,4,7-12H2,(H,17,21). The number of nitrogens with zero attached hydrogens (tertiary/aromatic N) is 1. The predicted octanol–water partition coefficient (Wildman–Crippen LogP) is 1.24. The van der Waals surface area contributed by atoms with E-state index >= 15 is 0 Å². The van der Waals surface area contributed by atoms with Gasteiger partial charge in [-0.1, -0.05) is 30.3 Å². The van der Waals surface area contributed by atoms with E-state index in [0.29, 0.717) is 13.1 Å². The van der Waals surface area contributed by atoms with E-state index in [1.807, 2.05) is 42.1 Å². The number of ether oxygens (including phenoxy) is 1. The molecule has 0 spiro atoms. The number of rotatable bonds is 5. The topological polar surface area (TPSA) is 78.9 Å². The van der Waals surface area contributed by atoms with Gasteiger partial charge in [0, 0.05) is 18.8 Å². The number of carbonyl (C=O) groups excluding carboxylic acids is 2. The van der Waals surface area contributed by atoms with Crippen LogP contribution in [-0.2, 0) is 16.1 Å². The second-order valence-electron chi connectivity index (χ2n) is 5.23. The number of hydrogen-bond donors (Lipinski definition) is 2. The molecule has 0 bridgehead atoms. The van der Waals surface area contributed by atoms with Gasteiger partial charge in [0.1, 0.15) is 12.6 Å². The lowest BCUT2D eigenvalue weighted by Gasteiger charge is -2.25. The van der Waals surface area contributed by atoms with Gasteiger partial charge in [-0.2, -0.15) is 11.8 Å². The zero-order valence-corrected chi connectivity index (χ0v) is 13.8. The molecule has 0 saturated carbocycles. The summed E-state index contributed by atoms with van der Waals surface area (Å²) in [7, 11) is 0. The first-order valence-corrected chi connectivity index (χ1v) is 8.81. The molecule has 1 atom stereocenters. The number of carbonyl (C=O) groups is 2. The fraction of sp³-hybridized carbons (Fsp3) is 0.500. The summed E-state index contributed by atoms with van der Waals surface area (Å²) >= 11 is 1.81. The molecule has 2 amide bonds. The molecule has 0 radical (unpaired) electrons. The van der Waals surface area contributed by atoms with E-state index in [-0.39, 0.29) is 12.5 Å². The zero-order chi connectivity index (χ0) is 16.5. The van der Waals surface area contributed by atoms with E-state index in [1.165, 1.54) is 0 Å². The van der Waals surface area contributed by atoms with Gasteiger partial charge in [0.15, 0.2) is 0 Å². The van der Waals surface area contributed by atoms with Crippen molar-refractivity contribution >= 4 is 23.8 Å². The van der Waals surface area contributed by atoms with Gasteiger partial charge < -0.3 is 20.1 Å². The Morgan fingerprint density at radius 2 is 2.04 bits per heavy atom.